The Kier molecular flexibility index (Phi) is 4.58. The standard InChI is InChI=1S/C11H20N2O3/c1-4-16-10(14)9-6-5-7-13(8-9)11(15)12(2)3/h9H,4-8H2,1-3H3/t9-/m0/s1. The van der Waals surface area contributed by atoms with Gasteiger partial charge in [-0.3, -0.25) is 4.79 Å². The molecule has 1 fully saturated rings. The minimum atomic E-state index is -0.182. The smallest absolute Gasteiger partial charge is 0.319 e. The van der Waals surface area contributed by atoms with E-state index in [0.717, 1.165) is 19.4 Å². The molecular formula is C11H20N2O3. The number of likely N-dealkylation sites (tertiary alicyclic amines) is 1. The molecule has 2 amide bonds. The molecule has 0 radical (unpaired) electrons. The van der Waals surface area contributed by atoms with Crippen molar-refractivity contribution in [1.29, 1.82) is 0 Å². The summed E-state index contributed by atoms with van der Waals surface area (Å²) in [5.41, 5.74) is 0. The fourth-order valence-electron chi connectivity index (χ4n) is 1.89. The van der Waals surface area contributed by atoms with Crippen LogP contribution in [0.1, 0.15) is 19.8 Å². The summed E-state index contributed by atoms with van der Waals surface area (Å²) >= 11 is 0. The van der Waals surface area contributed by atoms with Gasteiger partial charge in [-0.2, -0.15) is 0 Å². The van der Waals surface area contributed by atoms with Gasteiger partial charge in [-0.1, -0.05) is 0 Å². The maximum atomic E-state index is 11.7. The zero-order valence-electron chi connectivity index (χ0n) is 10.2. The summed E-state index contributed by atoms with van der Waals surface area (Å²) in [5, 5.41) is 0. The first-order chi connectivity index (χ1) is 7.56. The van der Waals surface area contributed by atoms with E-state index in [2.05, 4.69) is 0 Å². The van der Waals surface area contributed by atoms with Crippen LogP contribution in [0.3, 0.4) is 0 Å². The van der Waals surface area contributed by atoms with Crippen molar-refractivity contribution in [3.63, 3.8) is 0 Å². The number of carbonyl (C=O) groups is 2. The average Bonchev–Trinajstić information content (AvgIpc) is 2.28. The minimum absolute atomic E-state index is 0.0333. The molecule has 1 aliphatic rings. The average molecular weight is 228 g/mol. The molecule has 5 heteroatoms. The monoisotopic (exact) mass is 228 g/mol. The van der Waals surface area contributed by atoms with E-state index >= 15 is 0 Å². The Bertz CT molecular complexity index is 266. The number of hydrogen-bond acceptors (Lipinski definition) is 3. The van der Waals surface area contributed by atoms with E-state index in [1.807, 2.05) is 0 Å². The van der Waals surface area contributed by atoms with Gasteiger partial charge in [0, 0.05) is 27.2 Å². The van der Waals surface area contributed by atoms with Gasteiger partial charge >= 0.3 is 12.0 Å². The molecule has 16 heavy (non-hydrogen) atoms. The third-order valence-corrected chi connectivity index (χ3v) is 2.69. The first-order valence-electron chi connectivity index (χ1n) is 5.69. The number of amides is 2. The highest BCUT2D eigenvalue weighted by atomic mass is 16.5. The second-order valence-electron chi connectivity index (χ2n) is 4.21. The largest absolute Gasteiger partial charge is 0.466 e. The van der Waals surface area contributed by atoms with E-state index in [1.54, 1.807) is 25.9 Å². The number of nitrogens with zero attached hydrogens (tertiary/aromatic N) is 2. The lowest BCUT2D eigenvalue weighted by molar-refractivity contribution is -0.149. The summed E-state index contributed by atoms with van der Waals surface area (Å²) in [7, 11) is 3.44. The van der Waals surface area contributed by atoms with Crippen LogP contribution in [0.4, 0.5) is 4.79 Å². The van der Waals surface area contributed by atoms with Gasteiger partial charge in [0.2, 0.25) is 0 Å². The first kappa shape index (κ1) is 12.8. The molecule has 1 heterocycles. The minimum Gasteiger partial charge on any atom is -0.466 e. The molecule has 0 aliphatic carbocycles. The third-order valence-electron chi connectivity index (χ3n) is 2.69. The Labute approximate surface area is 96.3 Å². The summed E-state index contributed by atoms with van der Waals surface area (Å²) in [5.74, 6) is -0.337. The molecule has 0 aromatic rings. The van der Waals surface area contributed by atoms with Crippen LogP contribution in [0.5, 0.6) is 0 Å². The predicted molar refractivity (Wildman–Crippen MR) is 60.0 cm³/mol. The van der Waals surface area contributed by atoms with E-state index < -0.39 is 0 Å². The van der Waals surface area contributed by atoms with Crippen molar-refractivity contribution in [3.05, 3.63) is 0 Å². The molecule has 0 unspecified atom stereocenters. The maximum absolute atomic E-state index is 11.7. The number of piperidine rings is 1. The lowest BCUT2D eigenvalue weighted by Crippen LogP contribution is -2.46. The molecule has 92 valence electrons. The van der Waals surface area contributed by atoms with Gasteiger partial charge in [0.25, 0.3) is 0 Å². The second kappa shape index (κ2) is 5.72. The van der Waals surface area contributed by atoms with E-state index in [9.17, 15) is 9.59 Å². The fourth-order valence-corrected chi connectivity index (χ4v) is 1.89. The highest BCUT2D eigenvalue weighted by Gasteiger charge is 2.29. The molecule has 0 spiro atoms. The van der Waals surface area contributed by atoms with Crippen molar-refractivity contribution in [1.82, 2.24) is 9.80 Å². The molecule has 0 aromatic carbocycles. The van der Waals surface area contributed by atoms with Crippen molar-refractivity contribution in [2.45, 2.75) is 19.8 Å². The van der Waals surface area contributed by atoms with E-state index in [-0.39, 0.29) is 17.9 Å². The Balaban J connectivity index is 2.53. The van der Waals surface area contributed by atoms with Crippen molar-refractivity contribution in [3.8, 4) is 0 Å². The van der Waals surface area contributed by atoms with Crippen LogP contribution in [0.25, 0.3) is 0 Å². The van der Waals surface area contributed by atoms with E-state index in [4.69, 9.17) is 4.74 Å². The van der Waals surface area contributed by atoms with Crippen LogP contribution < -0.4 is 0 Å². The molecule has 1 saturated heterocycles. The van der Waals surface area contributed by atoms with Crippen molar-refractivity contribution >= 4 is 12.0 Å². The molecule has 0 bridgehead atoms. The SMILES string of the molecule is CCOC(=O)[C@H]1CCCN(C(=O)N(C)C)C1. The molecule has 0 N–H and O–H groups in total. The molecule has 0 saturated carbocycles. The summed E-state index contributed by atoms with van der Waals surface area (Å²) < 4.78 is 4.98. The van der Waals surface area contributed by atoms with Crippen LogP contribution in [-0.4, -0.2) is 55.6 Å². The highest BCUT2D eigenvalue weighted by molar-refractivity contribution is 5.77. The van der Waals surface area contributed by atoms with Crippen LogP contribution >= 0.6 is 0 Å². The first-order valence-corrected chi connectivity index (χ1v) is 5.69. The number of rotatable bonds is 2. The van der Waals surface area contributed by atoms with Gasteiger partial charge in [-0.25, -0.2) is 4.79 Å². The maximum Gasteiger partial charge on any atom is 0.319 e. The van der Waals surface area contributed by atoms with Crippen LogP contribution in [-0.2, 0) is 9.53 Å². The van der Waals surface area contributed by atoms with Crippen LogP contribution in [0.15, 0.2) is 0 Å². The Morgan fingerprint density at radius 1 is 1.44 bits per heavy atom. The number of hydrogen-bond donors (Lipinski definition) is 0. The van der Waals surface area contributed by atoms with Crippen LogP contribution in [0.2, 0.25) is 0 Å². The van der Waals surface area contributed by atoms with Crippen LogP contribution in [0, 0.1) is 5.92 Å². The topological polar surface area (TPSA) is 49.9 Å². The number of ether oxygens (including phenoxy) is 1. The zero-order chi connectivity index (χ0) is 12.1. The summed E-state index contributed by atoms with van der Waals surface area (Å²) in [6, 6.07) is -0.0333. The molecular weight excluding hydrogens is 208 g/mol. The second-order valence-corrected chi connectivity index (χ2v) is 4.21. The summed E-state index contributed by atoms with van der Waals surface area (Å²) in [6.07, 6.45) is 1.68. The lowest BCUT2D eigenvalue weighted by atomic mass is 9.98. The summed E-state index contributed by atoms with van der Waals surface area (Å²) in [4.78, 5) is 26.5. The van der Waals surface area contributed by atoms with Gasteiger partial charge in [-0.05, 0) is 19.8 Å². The van der Waals surface area contributed by atoms with E-state index in [1.165, 1.54) is 4.90 Å². The van der Waals surface area contributed by atoms with Gasteiger partial charge in [0.1, 0.15) is 0 Å². The Morgan fingerprint density at radius 2 is 2.12 bits per heavy atom. The van der Waals surface area contributed by atoms with Gasteiger partial charge in [0.05, 0.1) is 12.5 Å². The van der Waals surface area contributed by atoms with Crippen molar-refractivity contribution in [2.24, 2.45) is 5.92 Å². The molecule has 1 aliphatic heterocycles. The van der Waals surface area contributed by atoms with E-state index in [0.29, 0.717) is 13.2 Å². The Morgan fingerprint density at radius 3 is 2.69 bits per heavy atom. The normalized spacial score (nSPS) is 20.4. The molecule has 5 nitrogen and oxygen atoms in total. The molecule has 1 rings (SSSR count). The number of carbonyl (C=O) groups excluding carboxylic acids is 2. The fraction of sp³-hybridized carbons (Fsp3) is 0.818. The van der Waals surface area contributed by atoms with Gasteiger partial charge in [-0.15, -0.1) is 0 Å². The Hall–Kier alpha value is -1.26. The number of esters is 1. The lowest BCUT2D eigenvalue weighted by Gasteiger charge is -2.33. The third kappa shape index (κ3) is 3.12. The summed E-state index contributed by atoms with van der Waals surface area (Å²) in [6.45, 7) is 3.41. The predicted octanol–water partition coefficient (Wildman–Crippen LogP) is 0.943. The van der Waals surface area contributed by atoms with Gasteiger partial charge < -0.3 is 14.5 Å². The molecule has 0 aromatic heterocycles. The van der Waals surface area contributed by atoms with Gasteiger partial charge in [0.15, 0.2) is 0 Å². The highest BCUT2D eigenvalue weighted by Crippen LogP contribution is 2.18. The zero-order valence-corrected chi connectivity index (χ0v) is 10.2. The van der Waals surface area contributed by atoms with Crippen molar-refractivity contribution < 1.29 is 14.3 Å². The number of urea groups is 1. The quantitative estimate of drug-likeness (QED) is 0.661. The molecule has 1 atom stereocenters. The van der Waals surface area contributed by atoms with Crippen molar-refractivity contribution in [2.75, 3.05) is 33.8 Å².